The number of carbonyl (C=O) groups excluding carboxylic acids is 1. The zero-order valence-corrected chi connectivity index (χ0v) is 17.4. The summed E-state index contributed by atoms with van der Waals surface area (Å²) in [5.74, 6) is -0.114. The number of rotatable bonds is 6. The minimum atomic E-state index is -4.09. The Labute approximate surface area is 171 Å². The van der Waals surface area contributed by atoms with Crippen LogP contribution in [0, 0.1) is 20.8 Å². The molecule has 0 atom stereocenters. The molecule has 6 heteroatoms. The normalized spacial score (nSPS) is 11.1. The van der Waals surface area contributed by atoms with Gasteiger partial charge < -0.3 is 4.74 Å². The van der Waals surface area contributed by atoms with Crippen LogP contribution in [0.25, 0.3) is 0 Å². The molecule has 0 N–H and O–H groups in total. The highest BCUT2D eigenvalue weighted by atomic mass is 32.2. The van der Waals surface area contributed by atoms with Crippen molar-refractivity contribution in [3.8, 4) is 5.75 Å². The van der Waals surface area contributed by atoms with Crippen molar-refractivity contribution in [2.75, 3.05) is 10.9 Å². The topological polar surface area (TPSA) is 63.7 Å². The van der Waals surface area contributed by atoms with E-state index in [1.54, 1.807) is 42.5 Å². The smallest absolute Gasteiger partial charge is 0.278 e. The maximum Gasteiger partial charge on any atom is 0.278 e. The molecule has 1 amide bonds. The first-order valence-electron chi connectivity index (χ1n) is 9.19. The Kier molecular flexibility index (Phi) is 6.03. The first-order valence-corrected chi connectivity index (χ1v) is 10.6. The van der Waals surface area contributed by atoms with Gasteiger partial charge in [0.15, 0.2) is 6.61 Å². The molecule has 0 spiro atoms. The number of hydrogen-bond donors (Lipinski definition) is 0. The molecule has 0 bridgehead atoms. The molecule has 0 radical (unpaired) electrons. The lowest BCUT2D eigenvalue weighted by Crippen LogP contribution is -2.40. The van der Waals surface area contributed by atoms with Gasteiger partial charge in [-0.1, -0.05) is 48.0 Å². The molecular formula is C23H23NO4S. The Morgan fingerprint density at radius 3 is 2.14 bits per heavy atom. The highest BCUT2D eigenvalue weighted by Crippen LogP contribution is 2.25. The molecule has 0 aromatic heterocycles. The average Bonchev–Trinajstić information content (AvgIpc) is 2.70. The number of ether oxygens (including phenoxy) is 1. The van der Waals surface area contributed by atoms with Gasteiger partial charge in [-0.25, -0.2) is 8.42 Å². The van der Waals surface area contributed by atoms with Gasteiger partial charge in [0.1, 0.15) is 5.75 Å². The van der Waals surface area contributed by atoms with E-state index in [2.05, 4.69) is 0 Å². The van der Waals surface area contributed by atoms with Crippen LogP contribution in [-0.2, 0) is 14.8 Å². The zero-order valence-electron chi connectivity index (χ0n) is 16.6. The molecule has 0 aliphatic carbocycles. The lowest BCUT2D eigenvalue weighted by atomic mass is 10.1. The molecular weight excluding hydrogens is 386 g/mol. The number of anilines is 1. The Balaban J connectivity index is 1.94. The van der Waals surface area contributed by atoms with Crippen molar-refractivity contribution in [3.63, 3.8) is 0 Å². The summed E-state index contributed by atoms with van der Waals surface area (Å²) >= 11 is 0. The summed E-state index contributed by atoms with van der Waals surface area (Å²) in [6, 6.07) is 20.4. The molecule has 0 saturated heterocycles. The quantitative estimate of drug-likeness (QED) is 0.605. The van der Waals surface area contributed by atoms with E-state index in [0.717, 1.165) is 21.0 Å². The van der Waals surface area contributed by atoms with Gasteiger partial charge in [0.2, 0.25) is 0 Å². The Morgan fingerprint density at radius 2 is 1.48 bits per heavy atom. The van der Waals surface area contributed by atoms with Crippen molar-refractivity contribution in [2.24, 2.45) is 0 Å². The average molecular weight is 410 g/mol. The molecule has 0 aliphatic heterocycles. The SMILES string of the molecule is Cc1ccc(S(=O)(=O)N(C(=O)COc2cc(C)ccc2C)c2ccccc2)cc1. The summed E-state index contributed by atoms with van der Waals surface area (Å²) < 4.78 is 33.0. The fourth-order valence-corrected chi connectivity index (χ4v) is 4.27. The highest BCUT2D eigenvalue weighted by Gasteiger charge is 2.31. The van der Waals surface area contributed by atoms with Crippen LogP contribution in [0.2, 0.25) is 0 Å². The number of sulfonamides is 1. The van der Waals surface area contributed by atoms with E-state index in [4.69, 9.17) is 4.74 Å². The third kappa shape index (κ3) is 4.66. The van der Waals surface area contributed by atoms with Crippen molar-refractivity contribution < 1.29 is 17.9 Å². The fourth-order valence-electron chi connectivity index (χ4n) is 2.86. The molecule has 0 unspecified atom stereocenters. The predicted molar refractivity (Wildman–Crippen MR) is 114 cm³/mol. The van der Waals surface area contributed by atoms with Gasteiger partial charge >= 0.3 is 0 Å². The lowest BCUT2D eigenvalue weighted by molar-refractivity contribution is -0.119. The minimum absolute atomic E-state index is 0.0482. The summed E-state index contributed by atoms with van der Waals surface area (Å²) in [6.45, 7) is 5.27. The fraction of sp³-hybridized carbons (Fsp3) is 0.174. The first kappa shape index (κ1) is 20.6. The van der Waals surface area contributed by atoms with E-state index < -0.39 is 22.5 Å². The molecule has 0 aliphatic rings. The highest BCUT2D eigenvalue weighted by molar-refractivity contribution is 7.93. The zero-order chi connectivity index (χ0) is 21.0. The number of carbonyl (C=O) groups is 1. The van der Waals surface area contributed by atoms with Crippen molar-refractivity contribution in [3.05, 3.63) is 89.5 Å². The molecule has 0 saturated carbocycles. The van der Waals surface area contributed by atoms with Crippen molar-refractivity contribution in [2.45, 2.75) is 25.7 Å². The molecule has 3 rings (SSSR count). The Hall–Kier alpha value is -3.12. The van der Waals surface area contributed by atoms with Gasteiger partial charge in [-0.2, -0.15) is 4.31 Å². The van der Waals surface area contributed by atoms with Crippen LogP contribution in [0.1, 0.15) is 16.7 Å². The number of benzene rings is 3. The monoisotopic (exact) mass is 409 g/mol. The third-order valence-electron chi connectivity index (χ3n) is 4.47. The number of para-hydroxylation sites is 1. The van der Waals surface area contributed by atoms with Gasteiger partial charge in [0, 0.05) is 0 Å². The number of aryl methyl sites for hydroxylation is 3. The van der Waals surface area contributed by atoms with E-state index in [0.29, 0.717) is 5.75 Å². The van der Waals surface area contributed by atoms with Crippen LogP contribution in [0.5, 0.6) is 5.75 Å². The molecule has 3 aromatic rings. The molecule has 0 fully saturated rings. The lowest BCUT2D eigenvalue weighted by Gasteiger charge is -2.23. The molecule has 29 heavy (non-hydrogen) atoms. The largest absolute Gasteiger partial charge is 0.483 e. The van der Waals surface area contributed by atoms with Crippen LogP contribution in [0.15, 0.2) is 77.7 Å². The van der Waals surface area contributed by atoms with E-state index in [1.165, 1.54) is 12.1 Å². The Bertz CT molecular complexity index is 1110. The maximum absolute atomic E-state index is 13.3. The molecule has 3 aromatic carbocycles. The van der Waals surface area contributed by atoms with E-state index >= 15 is 0 Å². The van der Waals surface area contributed by atoms with E-state index in [1.807, 2.05) is 39.0 Å². The predicted octanol–water partition coefficient (Wildman–Crippen LogP) is 4.41. The summed E-state index contributed by atoms with van der Waals surface area (Å²) in [7, 11) is -4.09. The summed E-state index contributed by atoms with van der Waals surface area (Å²) in [5.41, 5.74) is 3.06. The van der Waals surface area contributed by atoms with Crippen LogP contribution in [-0.4, -0.2) is 20.9 Å². The summed E-state index contributed by atoms with van der Waals surface area (Å²) in [4.78, 5) is 13.1. The second-order valence-corrected chi connectivity index (χ2v) is 8.66. The summed E-state index contributed by atoms with van der Waals surface area (Å²) in [6.07, 6.45) is 0. The number of amides is 1. The number of nitrogens with zero attached hydrogens (tertiary/aromatic N) is 1. The van der Waals surface area contributed by atoms with Gasteiger partial charge in [0.25, 0.3) is 15.9 Å². The van der Waals surface area contributed by atoms with Gasteiger partial charge in [-0.15, -0.1) is 0 Å². The Morgan fingerprint density at radius 1 is 0.862 bits per heavy atom. The van der Waals surface area contributed by atoms with Crippen LogP contribution in [0.3, 0.4) is 0 Å². The van der Waals surface area contributed by atoms with Gasteiger partial charge in [-0.05, 0) is 62.2 Å². The minimum Gasteiger partial charge on any atom is -0.483 e. The van der Waals surface area contributed by atoms with Crippen LogP contribution < -0.4 is 9.04 Å². The summed E-state index contributed by atoms with van der Waals surface area (Å²) in [5, 5.41) is 0. The van der Waals surface area contributed by atoms with Crippen molar-refractivity contribution in [1.82, 2.24) is 0 Å². The second-order valence-electron chi connectivity index (χ2n) is 6.87. The van der Waals surface area contributed by atoms with E-state index in [9.17, 15) is 13.2 Å². The molecule has 150 valence electrons. The number of hydrogen-bond acceptors (Lipinski definition) is 4. The first-order chi connectivity index (χ1) is 13.8. The third-order valence-corrected chi connectivity index (χ3v) is 6.23. The van der Waals surface area contributed by atoms with Gasteiger partial charge in [0.05, 0.1) is 10.6 Å². The maximum atomic E-state index is 13.3. The van der Waals surface area contributed by atoms with Crippen LogP contribution >= 0.6 is 0 Å². The second kappa shape index (κ2) is 8.49. The molecule has 5 nitrogen and oxygen atoms in total. The van der Waals surface area contributed by atoms with Crippen molar-refractivity contribution in [1.29, 1.82) is 0 Å². The van der Waals surface area contributed by atoms with E-state index in [-0.39, 0.29) is 10.6 Å². The van der Waals surface area contributed by atoms with Crippen molar-refractivity contribution >= 4 is 21.6 Å². The standard InChI is InChI=1S/C23H23NO4S/c1-17-10-13-21(14-11-17)29(26,27)24(20-7-5-4-6-8-20)23(25)16-28-22-15-18(2)9-12-19(22)3/h4-15H,16H2,1-3H3. The van der Waals surface area contributed by atoms with Gasteiger partial charge in [-0.3, -0.25) is 4.79 Å². The van der Waals surface area contributed by atoms with Crippen LogP contribution in [0.4, 0.5) is 5.69 Å². The molecule has 0 heterocycles.